The molecule has 1 aliphatic heterocycles. The molecular formula is C16H22N2O3. The van der Waals surface area contributed by atoms with Crippen molar-refractivity contribution in [1.82, 2.24) is 10.2 Å². The monoisotopic (exact) mass is 290 g/mol. The van der Waals surface area contributed by atoms with Crippen molar-refractivity contribution in [3.05, 3.63) is 36.9 Å². The normalized spacial score (nSPS) is 16.7. The lowest BCUT2D eigenvalue weighted by atomic mass is 10.1. The Hall–Kier alpha value is -2.01. The van der Waals surface area contributed by atoms with Crippen molar-refractivity contribution in [2.45, 2.75) is 19.1 Å². The molecule has 21 heavy (non-hydrogen) atoms. The number of benzene rings is 1. The van der Waals surface area contributed by atoms with Crippen molar-refractivity contribution in [1.29, 1.82) is 0 Å². The minimum Gasteiger partial charge on any atom is -0.493 e. The van der Waals surface area contributed by atoms with Crippen molar-refractivity contribution in [2.24, 2.45) is 0 Å². The highest BCUT2D eigenvalue weighted by Gasteiger charge is 2.35. The van der Waals surface area contributed by atoms with E-state index in [9.17, 15) is 4.79 Å². The van der Waals surface area contributed by atoms with E-state index in [-0.39, 0.29) is 18.1 Å². The average Bonchev–Trinajstić information content (AvgIpc) is 2.47. The van der Waals surface area contributed by atoms with Gasteiger partial charge in [-0.1, -0.05) is 18.2 Å². The number of methoxy groups -OCH3 is 1. The van der Waals surface area contributed by atoms with Crippen LogP contribution < -0.4 is 14.8 Å². The Bertz CT molecular complexity index is 498. The second-order valence-corrected chi connectivity index (χ2v) is 5.05. The van der Waals surface area contributed by atoms with Crippen LogP contribution in [0.5, 0.6) is 11.5 Å². The third kappa shape index (κ3) is 3.76. The van der Waals surface area contributed by atoms with Gasteiger partial charge in [-0.25, -0.2) is 0 Å². The molecule has 1 aromatic rings. The van der Waals surface area contributed by atoms with E-state index < -0.39 is 0 Å². The topological polar surface area (TPSA) is 50.8 Å². The fourth-order valence-corrected chi connectivity index (χ4v) is 2.24. The molecule has 1 aromatic carbocycles. The van der Waals surface area contributed by atoms with Crippen LogP contribution in [0, 0.1) is 0 Å². The van der Waals surface area contributed by atoms with Gasteiger partial charge in [-0.3, -0.25) is 9.69 Å². The van der Waals surface area contributed by atoms with Crippen LogP contribution >= 0.6 is 0 Å². The van der Waals surface area contributed by atoms with Gasteiger partial charge in [-0.2, -0.15) is 0 Å². The number of amides is 1. The first-order chi connectivity index (χ1) is 10.2. The van der Waals surface area contributed by atoms with Crippen molar-refractivity contribution in [2.75, 3.05) is 26.7 Å². The van der Waals surface area contributed by atoms with Crippen LogP contribution in [0.25, 0.3) is 0 Å². The third-order valence-corrected chi connectivity index (χ3v) is 3.59. The largest absolute Gasteiger partial charge is 0.493 e. The first-order valence-corrected chi connectivity index (χ1v) is 7.08. The number of carbonyl (C=O) groups is 1. The SMILES string of the molecule is C=CCNC(=O)[C@@H](C)N1CC(Oc2ccccc2OC)C1. The lowest BCUT2D eigenvalue weighted by molar-refractivity contribution is -0.129. The Balaban J connectivity index is 1.81. The zero-order valence-corrected chi connectivity index (χ0v) is 12.5. The van der Waals surface area contributed by atoms with Gasteiger partial charge >= 0.3 is 0 Å². The maximum absolute atomic E-state index is 11.8. The van der Waals surface area contributed by atoms with Crippen molar-refractivity contribution >= 4 is 5.91 Å². The van der Waals surface area contributed by atoms with Gasteiger partial charge in [0.15, 0.2) is 11.5 Å². The maximum atomic E-state index is 11.8. The molecule has 0 spiro atoms. The van der Waals surface area contributed by atoms with E-state index in [1.165, 1.54) is 0 Å². The Labute approximate surface area is 125 Å². The summed E-state index contributed by atoms with van der Waals surface area (Å²) in [7, 11) is 1.63. The van der Waals surface area contributed by atoms with Gasteiger partial charge in [0.05, 0.1) is 13.2 Å². The number of likely N-dealkylation sites (tertiary alicyclic amines) is 1. The number of ether oxygens (including phenoxy) is 2. The molecule has 0 radical (unpaired) electrons. The fraction of sp³-hybridized carbons (Fsp3) is 0.438. The molecule has 0 saturated carbocycles. The third-order valence-electron chi connectivity index (χ3n) is 3.59. The highest BCUT2D eigenvalue weighted by Crippen LogP contribution is 2.29. The molecule has 5 heteroatoms. The number of hydrogen-bond donors (Lipinski definition) is 1. The highest BCUT2D eigenvalue weighted by molar-refractivity contribution is 5.81. The lowest BCUT2D eigenvalue weighted by Crippen LogP contribution is -2.60. The molecule has 1 N–H and O–H groups in total. The molecule has 0 aliphatic carbocycles. The lowest BCUT2D eigenvalue weighted by Gasteiger charge is -2.42. The first-order valence-electron chi connectivity index (χ1n) is 7.08. The number of para-hydroxylation sites is 2. The molecule has 2 rings (SSSR count). The molecule has 1 saturated heterocycles. The van der Waals surface area contributed by atoms with Gasteiger partial charge in [0.25, 0.3) is 0 Å². The zero-order chi connectivity index (χ0) is 15.2. The summed E-state index contributed by atoms with van der Waals surface area (Å²) in [6, 6.07) is 7.44. The predicted molar refractivity (Wildman–Crippen MR) is 81.7 cm³/mol. The molecule has 1 aliphatic rings. The van der Waals surface area contributed by atoms with Crippen LogP contribution in [-0.4, -0.2) is 49.7 Å². The van der Waals surface area contributed by atoms with Gasteiger partial charge in [-0.05, 0) is 19.1 Å². The summed E-state index contributed by atoms with van der Waals surface area (Å²) in [5.41, 5.74) is 0. The minimum atomic E-state index is -0.150. The van der Waals surface area contributed by atoms with Gasteiger partial charge < -0.3 is 14.8 Å². The predicted octanol–water partition coefficient (Wildman–Crippen LogP) is 1.45. The van der Waals surface area contributed by atoms with Crippen LogP contribution in [-0.2, 0) is 4.79 Å². The van der Waals surface area contributed by atoms with Crippen LogP contribution in [0.1, 0.15) is 6.92 Å². The molecule has 1 heterocycles. The highest BCUT2D eigenvalue weighted by atomic mass is 16.5. The zero-order valence-electron chi connectivity index (χ0n) is 12.5. The molecular weight excluding hydrogens is 268 g/mol. The number of nitrogens with zero attached hydrogens (tertiary/aromatic N) is 1. The van der Waals surface area contributed by atoms with Crippen molar-refractivity contribution in [3.8, 4) is 11.5 Å². The van der Waals surface area contributed by atoms with Crippen LogP contribution in [0.3, 0.4) is 0 Å². The molecule has 114 valence electrons. The van der Waals surface area contributed by atoms with E-state index in [0.717, 1.165) is 24.6 Å². The van der Waals surface area contributed by atoms with Gasteiger partial charge in [-0.15, -0.1) is 6.58 Å². The summed E-state index contributed by atoms with van der Waals surface area (Å²) >= 11 is 0. The second-order valence-electron chi connectivity index (χ2n) is 5.05. The average molecular weight is 290 g/mol. The Morgan fingerprint density at radius 3 is 2.76 bits per heavy atom. The summed E-state index contributed by atoms with van der Waals surface area (Å²) in [6.07, 6.45) is 1.77. The maximum Gasteiger partial charge on any atom is 0.237 e. The molecule has 1 fully saturated rings. The smallest absolute Gasteiger partial charge is 0.237 e. The van der Waals surface area contributed by atoms with E-state index in [1.54, 1.807) is 13.2 Å². The van der Waals surface area contributed by atoms with Crippen molar-refractivity contribution < 1.29 is 14.3 Å². The summed E-state index contributed by atoms with van der Waals surface area (Å²) in [5, 5.41) is 2.80. The fourth-order valence-electron chi connectivity index (χ4n) is 2.24. The van der Waals surface area contributed by atoms with E-state index >= 15 is 0 Å². The second kappa shape index (κ2) is 7.13. The Morgan fingerprint density at radius 1 is 1.48 bits per heavy atom. The summed E-state index contributed by atoms with van der Waals surface area (Å²) in [4.78, 5) is 13.9. The summed E-state index contributed by atoms with van der Waals surface area (Å²) in [6.45, 7) is 7.46. The van der Waals surface area contributed by atoms with Crippen LogP contribution in [0.4, 0.5) is 0 Å². The first kappa shape index (κ1) is 15.4. The molecule has 0 aromatic heterocycles. The summed E-state index contributed by atoms with van der Waals surface area (Å²) in [5.74, 6) is 1.49. The Kier molecular flexibility index (Phi) is 5.22. The van der Waals surface area contributed by atoms with E-state index in [0.29, 0.717) is 6.54 Å². The molecule has 0 bridgehead atoms. The van der Waals surface area contributed by atoms with Gasteiger partial charge in [0.1, 0.15) is 6.10 Å². The quantitative estimate of drug-likeness (QED) is 0.772. The number of nitrogens with one attached hydrogen (secondary N) is 1. The van der Waals surface area contributed by atoms with Gasteiger partial charge in [0, 0.05) is 19.6 Å². The van der Waals surface area contributed by atoms with Crippen molar-refractivity contribution in [3.63, 3.8) is 0 Å². The molecule has 5 nitrogen and oxygen atoms in total. The van der Waals surface area contributed by atoms with Crippen LogP contribution in [0.15, 0.2) is 36.9 Å². The number of carbonyl (C=O) groups excluding carboxylic acids is 1. The standard InChI is InChI=1S/C16H22N2O3/c1-4-9-17-16(19)12(2)18-10-13(11-18)21-15-8-6-5-7-14(15)20-3/h4-8,12-13H,1,9-11H2,2-3H3,(H,17,19)/t12-/m1/s1. The van der Waals surface area contributed by atoms with E-state index in [1.807, 2.05) is 31.2 Å². The number of hydrogen-bond acceptors (Lipinski definition) is 4. The van der Waals surface area contributed by atoms with E-state index in [2.05, 4.69) is 16.8 Å². The van der Waals surface area contributed by atoms with Crippen LogP contribution in [0.2, 0.25) is 0 Å². The Morgan fingerprint density at radius 2 is 2.14 bits per heavy atom. The molecule has 1 atom stereocenters. The summed E-state index contributed by atoms with van der Waals surface area (Å²) < 4.78 is 11.2. The molecule has 1 amide bonds. The number of rotatable bonds is 7. The molecule has 0 unspecified atom stereocenters. The van der Waals surface area contributed by atoms with Gasteiger partial charge in [0.2, 0.25) is 5.91 Å². The minimum absolute atomic E-state index is 0.0191. The van der Waals surface area contributed by atoms with E-state index in [4.69, 9.17) is 9.47 Å².